The lowest BCUT2D eigenvalue weighted by molar-refractivity contribution is -0.140. The molecule has 1 amide bonds. The molecule has 36 heavy (non-hydrogen) atoms. The van der Waals surface area contributed by atoms with E-state index in [2.05, 4.69) is 0 Å². The highest BCUT2D eigenvalue weighted by molar-refractivity contribution is 6.46. The number of aliphatic hydroxyl groups is 1. The molecule has 3 aromatic rings. The lowest BCUT2D eigenvalue weighted by atomic mass is 9.95. The quantitative estimate of drug-likeness (QED) is 0.281. The van der Waals surface area contributed by atoms with E-state index in [1.54, 1.807) is 36.4 Å². The van der Waals surface area contributed by atoms with Gasteiger partial charge in [0, 0.05) is 18.7 Å². The van der Waals surface area contributed by atoms with Crippen molar-refractivity contribution >= 4 is 17.4 Å². The van der Waals surface area contributed by atoms with E-state index in [1.165, 1.54) is 17.0 Å². The van der Waals surface area contributed by atoms with Crippen LogP contribution in [0.1, 0.15) is 28.3 Å². The summed E-state index contributed by atoms with van der Waals surface area (Å²) in [5.74, 6) is -1.06. The number of likely N-dealkylation sites (N-methyl/N-ethyl adjacent to an activating group) is 1. The highest BCUT2D eigenvalue weighted by Gasteiger charge is 2.46. The maximum absolute atomic E-state index is 13.1. The van der Waals surface area contributed by atoms with Gasteiger partial charge in [-0.25, -0.2) is 0 Å². The Kier molecular flexibility index (Phi) is 7.41. The molecular weight excluding hydrogens is 456 g/mol. The van der Waals surface area contributed by atoms with Crippen molar-refractivity contribution < 1.29 is 24.5 Å². The van der Waals surface area contributed by atoms with Gasteiger partial charge in [-0.2, -0.15) is 0 Å². The Labute approximate surface area is 210 Å². The SMILES string of the molecule is Cc1ccccc1COc1ccc(C(O)=C2C(=O)C(=O)N(CCN(C)C)[C@H]2c2cccc(O)c2)cc1. The monoisotopic (exact) mass is 486 g/mol. The first-order valence-corrected chi connectivity index (χ1v) is 11.8. The molecule has 1 heterocycles. The Balaban J connectivity index is 1.65. The van der Waals surface area contributed by atoms with Crippen molar-refractivity contribution in [1.82, 2.24) is 9.80 Å². The van der Waals surface area contributed by atoms with Crippen LogP contribution in [0.15, 0.2) is 78.4 Å². The third kappa shape index (κ3) is 5.26. The molecule has 0 unspecified atom stereocenters. The molecule has 1 aliphatic rings. The van der Waals surface area contributed by atoms with Crippen LogP contribution in [-0.4, -0.2) is 58.9 Å². The van der Waals surface area contributed by atoms with Crippen molar-refractivity contribution in [2.24, 2.45) is 0 Å². The largest absolute Gasteiger partial charge is 0.508 e. The summed E-state index contributed by atoms with van der Waals surface area (Å²) in [5.41, 5.74) is 3.16. The fraction of sp³-hybridized carbons (Fsp3) is 0.241. The fourth-order valence-electron chi connectivity index (χ4n) is 4.26. The van der Waals surface area contributed by atoms with Crippen LogP contribution in [-0.2, 0) is 16.2 Å². The van der Waals surface area contributed by atoms with Crippen LogP contribution in [0, 0.1) is 6.92 Å². The number of aromatic hydroxyl groups is 1. The van der Waals surface area contributed by atoms with Crippen LogP contribution < -0.4 is 4.74 Å². The molecule has 0 spiro atoms. The average molecular weight is 487 g/mol. The van der Waals surface area contributed by atoms with Crippen LogP contribution in [0.25, 0.3) is 5.76 Å². The molecule has 186 valence electrons. The summed E-state index contributed by atoms with van der Waals surface area (Å²) in [7, 11) is 3.76. The second kappa shape index (κ2) is 10.7. The molecule has 0 aliphatic carbocycles. The van der Waals surface area contributed by atoms with Gasteiger partial charge in [-0.05, 0) is 74.1 Å². The Morgan fingerprint density at radius 1 is 1.00 bits per heavy atom. The van der Waals surface area contributed by atoms with Gasteiger partial charge in [-0.1, -0.05) is 36.4 Å². The molecule has 0 saturated carbocycles. The summed E-state index contributed by atoms with van der Waals surface area (Å²) in [6.07, 6.45) is 0. The number of benzene rings is 3. The normalized spacial score (nSPS) is 17.1. The van der Waals surface area contributed by atoms with Crippen molar-refractivity contribution in [2.75, 3.05) is 27.2 Å². The third-order valence-corrected chi connectivity index (χ3v) is 6.30. The number of hydrogen-bond donors (Lipinski definition) is 2. The van der Waals surface area contributed by atoms with Crippen LogP contribution in [0.2, 0.25) is 0 Å². The molecule has 1 saturated heterocycles. The topological polar surface area (TPSA) is 90.3 Å². The number of phenolic OH excluding ortho intramolecular Hbond substituents is 1. The molecule has 7 nitrogen and oxygen atoms in total. The van der Waals surface area contributed by atoms with Gasteiger partial charge in [0.25, 0.3) is 11.7 Å². The summed E-state index contributed by atoms with van der Waals surface area (Å²) >= 11 is 0. The van der Waals surface area contributed by atoms with Crippen LogP contribution in [0.5, 0.6) is 11.5 Å². The molecule has 3 aromatic carbocycles. The maximum Gasteiger partial charge on any atom is 0.295 e. The van der Waals surface area contributed by atoms with E-state index in [4.69, 9.17) is 4.74 Å². The number of aryl methyl sites for hydroxylation is 1. The lowest BCUT2D eigenvalue weighted by Gasteiger charge is -2.26. The molecule has 0 radical (unpaired) electrons. The molecule has 0 aromatic heterocycles. The predicted octanol–water partition coefficient (Wildman–Crippen LogP) is 4.26. The van der Waals surface area contributed by atoms with Crippen molar-refractivity contribution in [2.45, 2.75) is 19.6 Å². The van der Waals surface area contributed by atoms with Crippen molar-refractivity contribution in [1.29, 1.82) is 0 Å². The van der Waals surface area contributed by atoms with Crippen molar-refractivity contribution in [3.05, 3.63) is 101 Å². The lowest BCUT2D eigenvalue weighted by Crippen LogP contribution is -2.35. The zero-order chi connectivity index (χ0) is 25.8. The Bertz CT molecular complexity index is 1300. The Morgan fingerprint density at radius 3 is 2.39 bits per heavy atom. The third-order valence-electron chi connectivity index (χ3n) is 6.30. The van der Waals surface area contributed by atoms with Crippen LogP contribution >= 0.6 is 0 Å². The van der Waals surface area contributed by atoms with E-state index in [9.17, 15) is 19.8 Å². The first kappa shape index (κ1) is 25.0. The number of carbonyl (C=O) groups excluding carboxylic acids is 2. The number of nitrogens with zero attached hydrogens (tertiary/aromatic N) is 2. The van der Waals surface area contributed by atoms with Gasteiger partial charge in [0.15, 0.2) is 0 Å². The van der Waals surface area contributed by atoms with Gasteiger partial charge in [0.05, 0.1) is 11.6 Å². The second-order valence-electron chi connectivity index (χ2n) is 9.13. The van der Waals surface area contributed by atoms with E-state index in [0.29, 0.717) is 36.6 Å². The van der Waals surface area contributed by atoms with Gasteiger partial charge >= 0.3 is 0 Å². The number of ether oxygens (including phenoxy) is 1. The number of phenols is 1. The highest BCUT2D eigenvalue weighted by atomic mass is 16.5. The molecular formula is C29H30N2O5. The van der Waals surface area contributed by atoms with Crippen LogP contribution in [0.4, 0.5) is 0 Å². The summed E-state index contributed by atoms with van der Waals surface area (Å²) in [6, 6.07) is 20.3. The summed E-state index contributed by atoms with van der Waals surface area (Å²) < 4.78 is 5.89. The van der Waals surface area contributed by atoms with E-state index >= 15 is 0 Å². The number of hydrogen-bond acceptors (Lipinski definition) is 6. The number of ketones is 1. The molecule has 1 fully saturated rings. The Morgan fingerprint density at radius 2 is 1.72 bits per heavy atom. The summed E-state index contributed by atoms with van der Waals surface area (Å²) in [6.45, 7) is 3.26. The smallest absolute Gasteiger partial charge is 0.295 e. The van der Waals surface area contributed by atoms with Crippen molar-refractivity contribution in [3.63, 3.8) is 0 Å². The minimum Gasteiger partial charge on any atom is -0.508 e. The summed E-state index contributed by atoms with van der Waals surface area (Å²) in [5, 5.41) is 21.2. The molecule has 4 rings (SSSR count). The second-order valence-corrected chi connectivity index (χ2v) is 9.13. The van der Waals surface area contributed by atoms with Crippen LogP contribution in [0.3, 0.4) is 0 Å². The molecule has 1 aliphatic heterocycles. The Hall–Kier alpha value is -4.10. The zero-order valence-corrected chi connectivity index (χ0v) is 20.6. The maximum atomic E-state index is 13.1. The molecule has 0 bridgehead atoms. The summed E-state index contributed by atoms with van der Waals surface area (Å²) in [4.78, 5) is 29.4. The molecule has 1 atom stereocenters. The van der Waals surface area contributed by atoms with Crippen molar-refractivity contribution in [3.8, 4) is 11.5 Å². The number of rotatable bonds is 8. The van der Waals surface area contributed by atoms with Gasteiger partial charge in [0.2, 0.25) is 0 Å². The van der Waals surface area contributed by atoms with E-state index in [-0.39, 0.29) is 17.1 Å². The first-order valence-electron chi connectivity index (χ1n) is 11.8. The average Bonchev–Trinajstić information content (AvgIpc) is 3.12. The fourth-order valence-corrected chi connectivity index (χ4v) is 4.26. The van der Waals surface area contributed by atoms with Gasteiger partial charge in [-0.3, -0.25) is 9.59 Å². The standard InChI is InChI=1S/C29H30N2O5/c1-19-7-4-5-8-22(19)18-36-24-13-11-20(12-14-24)27(33)25-26(21-9-6-10-23(32)17-21)31(16-15-30(2)3)29(35)28(25)34/h4-14,17,26,32-33H,15-16,18H2,1-3H3/t26-/m0/s1. The minimum absolute atomic E-state index is 0.00191. The predicted molar refractivity (Wildman–Crippen MR) is 138 cm³/mol. The molecule has 2 N–H and O–H groups in total. The van der Waals surface area contributed by atoms with Gasteiger partial charge in [0.1, 0.15) is 23.9 Å². The zero-order valence-electron chi connectivity index (χ0n) is 20.6. The number of aliphatic hydroxyl groups excluding tert-OH is 1. The number of amides is 1. The van der Waals surface area contributed by atoms with E-state index in [0.717, 1.165) is 11.1 Å². The number of likely N-dealkylation sites (tertiary alicyclic amines) is 1. The number of Topliss-reactive ketones (excluding diaryl/α,β-unsaturated/α-hetero) is 1. The number of carbonyl (C=O) groups is 2. The van der Waals surface area contributed by atoms with E-state index in [1.807, 2.05) is 50.2 Å². The highest BCUT2D eigenvalue weighted by Crippen LogP contribution is 2.40. The minimum atomic E-state index is -0.811. The van der Waals surface area contributed by atoms with Gasteiger partial charge < -0.3 is 24.7 Å². The molecule has 7 heteroatoms. The van der Waals surface area contributed by atoms with E-state index < -0.39 is 17.7 Å². The first-order chi connectivity index (χ1) is 17.3. The van der Waals surface area contributed by atoms with Gasteiger partial charge in [-0.15, -0.1) is 0 Å².